The van der Waals surface area contributed by atoms with Crippen LogP contribution in [0.3, 0.4) is 0 Å². The van der Waals surface area contributed by atoms with Crippen LogP contribution in [0.2, 0.25) is 0 Å². The van der Waals surface area contributed by atoms with Crippen LogP contribution in [0.1, 0.15) is 24.5 Å². The highest BCUT2D eigenvalue weighted by molar-refractivity contribution is 5.93. The van der Waals surface area contributed by atoms with E-state index in [4.69, 9.17) is 0 Å². The van der Waals surface area contributed by atoms with E-state index in [0.717, 1.165) is 54.4 Å². The Hall–Kier alpha value is -3.06. The number of carbonyl (C=O) groups excluding carboxylic acids is 1. The molecule has 29 heavy (non-hydrogen) atoms. The summed E-state index contributed by atoms with van der Waals surface area (Å²) in [5.41, 5.74) is 2.39. The van der Waals surface area contributed by atoms with Crippen LogP contribution >= 0.6 is 0 Å². The van der Waals surface area contributed by atoms with Crippen LogP contribution in [0.5, 0.6) is 0 Å². The lowest BCUT2D eigenvalue weighted by atomic mass is 9.95. The summed E-state index contributed by atoms with van der Waals surface area (Å²) in [5.74, 6) is 1.35. The Labute approximate surface area is 169 Å². The van der Waals surface area contributed by atoms with Gasteiger partial charge in [0.1, 0.15) is 11.6 Å². The van der Waals surface area contributed by atoms with E-state index in [1.165, 1.54) is 12.1 Å². The van der Waals surface area contributed by atoms with Crippen molar-refractivity contribution < 1.29 is 9.18 Å². The van der Waals surface area contributed by atoms with Gasteiger partial charge >= 0.3 is 0 Å². The number of anilines is 1. The fraction of sp³-hybridized carbons (Fsp3) is 0.318. The van der Waals surface area contributed by atoms with Gasteiger partial charge < -0.3 is 5.32 Å². The minimum atomic E-state index is -0.274. The number of aromatic nitrogens is 3. The molecule has 3 aromatic rings. The summed E-state index contributed by atoms with van der Waals surface area (Å²) < 4.78 is 13.5. The maximum atomic E-state index is 13.5. The molecule has 1 saturated heterocycles. The predicted octanol–water partition coefficient (Wildman–Crippen LogP) is 3.77. The largest absolute Gasteiger partial charge is 0.326 e. The third-order valence-electron chi connectivity index (χ3n) is 5.25. The Balaban J connectivity index is 1.33. The SMILES string of the molecule is Cc1nc(CN2CCC(C(=O)Nc3cccc(-c4cccc(F)c4)c3)CC2)n[nH]1. The van der Waals surface area contributed by atoms with Crippen LogP contribution in [0.25, 0.3) is 11.1 Å². The van der Waals surface area contributed by atoms with Crippen molar-refractivity contribution in [2.24, 2.45) is 5.92 Å². The molecule has 150 valence electrons. The lowest BCUT2D eigenvalue weighted by molar-refractivity contribution is -0.121. The fourth-order valence-corrected chi connectivity index (χ4v) is 3.70. The lowest BCUT2D eigenvalue weighted by Crippen LogP contribution is -2.38. The van der Waals surface area contributed by atoms with Crippen LogP contribution in [-0.2, 0) is 11.3 Å². The first-order valence-corrected chi connectivity index (χ1v) is 9.84. The predicted molar refractivity (Wildman–Crippen MR) is 110 cm³/mol. The van der Waals surface area contributed by atoms with Crippen molar-refractivity contribution in [3.63, 3.8) is 0 Å². The number of benzene rings is 2. The maximum absolute atomic E-state index is 13.5. The second-order valence-corrected chi connectivity index (χ2v) is 7.47. The molecule has 1 amide bonds. The number of aromatic amines is 1. The lowest BCUT2D eigenvalue weighted by Gasteiger charge is -2.30. The average molecular weight is 393 g/mol. The van der Waals surface area contributed by atoms with Crippen molar-refractivity contribution in [1.29, 1.82) is 0 Å². The summed E-state index contributed by atoms with van der Waals surface area (Å²) in [6, 6.07) is 14.0. The summed E-state index contributed by atoms with van der Waals surface area (Å²) in [7, 11) is 0. The molecule has 1 fully saturated rings. The molecule has 7 heteroatoms. The number of amides is 1. The van der Waals surface area contributed by atoms with Crippen LogP contribution in [0.15, 0.2) is 48.5 Å². The van der Waals surface area contributed by atoms with E-state index < -0.39 is 0 Å². The maximum Gasteiger partial charge on any atom is 0.227 e. The van der Waals surface area contributed by atoms with E-state index in [-0.39, 0.29) is 17.6 Å². The Kier molecular flexibility index (Phi) is 5.67. The Morgan fingerprint density at radius 2 is 1.90 bits per heavy atom. The quantitative estimate of drug-likeness (QED) is 0.692. The van der Waals surface area contributed by atoms with Crippen LogP contribution in [0, 0.1) is 18.7 Å². The highest BCUT2D eigenvalue weighted by Gasteiger charge is 2.25. The number of halogens is 1. The first kappa shape index (κ1) is 19.3. The zero-order valence-corrected chi connectivity index (χ0v) is 16.4. The zero-order valence-electron chi connectivity index (χ0n) is 16.4. The molecule has 1 aromatic heterocycles. The normalized spacial score (nSPS) is 15.4. The van der Waals surface area contributed by atoms with E-state index >= 15 is 0 Å². The Bertz CT molecular complexity index is 994. The van der Waals surface area contributed by atoms with E-state index in [9.17, 15) is 9.18 Å². The Morgan fingerprint density at radius 1 is 1.17 bits per heavy atom. The van der Waals surface area contributed by atoms with Crippen molar-refractivity contribution in [2.75, 3.05) is 18.4 Å². The second kappa shape index (κ2) is 8.53. The minimum absolute atomic E-state index is 0.0158. The van der Waals surface area contributed by atoms with Gasteiger partial charge in [-0.3, -0.25) is 14.8 Å². The summed E-state index contributed by atoms with van der Waals surface area (Å²) in [6.07, 6.45) is 1.61. The molecule has 4 rings (SSSR count). The zero-order chi connectivity index (χ0) is 20.2. The van der Waals surface area contributed by atoms with Gasteiger partial charge in [-0.2, -0.15) is 5.10 Å². The molecule has 6 nitrogen and oxygen atoms in total. The smallest absolute Gasteiger partial charge is 0.227 e. The van der Waals surface area contributed by atoms with Gasteiger partial charge in [-0.1, -0.05) is 24.3 Å². The van der Waals surface area contributed by atoms with E-state index in [0.29, 0.717) is 6.54 Å². The number of piperidine rings is 1. The molecule has 2 heterocycles. The molecule has 2 aromatic carbocycles. The van der Waals surface area contributed by atoms with Crippen molar-refractivity contribution in [2.45, 2.75) is 26.3 Å². The van der Waals surface area contributed by atoms with Gasteiger partial charge in [-0.25, -0.2) is 9.37 Å². The molecular formula is C22H24FN5O. The molecule has 0 bridgehead atoms. The summed E-state index contributed by atoms with van der Waals surface area (Å²) in [6.45, 7) is 4.27. The Morgan fingerprint density at radius 3 is 2.59 bits per heavy atom. The van der Waals surface area contributed by atoms with Crippen LogP contribution in [0.4, 0.5) is 10.1 Å². The van der Waals surface area contributed by atoms with Crippen molar-refractivity contribution >= 4 is 11.6 Å². The van der Waals surface area contributed by atoms with Crippen molar-refractivity contribution in [3.05, 3.63) is 66.0 Å². The minimum Gasteiger partial charge on any atom is -0.326 e. The molecule has 0 unspecified atom stereocenters. The number of nitrogens with one attached hydrogen (secondary N) is 2. The molecule has 0 aliphatic carbocycles. The number of carbonyl (C=O) groups is 1. The number of nitrogens with zero attached hydrogens (tertiary/aromatic N) is 3. The van der Waals surface area contributed by atoms with Gasteiger partial charge in [0.25, 0.3) is 0 Å². The second-order valence-electron chi connectivity index (χ2n) is 7.47. The number of H-pyrrole nitrogens is 1. The van der Waals surface area contributed by atoms with Gasteiger partial charge in [-0.05, 0) is 68.2 Å². The molecule has 1 aliphatic rings. The van der Waals surface area contributed by atoms with E-state index in [2.05, 4.69) is 25.4 Å². The van der Waals surface area contributed by atoms with Crippen LogP contribution < -0.4 is 5.32 Å². The first-order chi connectivity index (χ1) is 14.1. The van der Waals surface area contributed by atoms with Crippen LogP contribution in [-0.4, -0.2) is 39.1 Å². The van der Waals surface area contributed by atoms with Crippen molar-refractivity contribution in [3.8, 4) is 11.1 Å². The molecule has 2 N–H and O–H groups in total. The molecular weight excluding hydrogens is 369 g/mol. The van der Waals surface area contributed by atoms with E-state index in [1.807, 2.05) is 37.3 Å². The third-order valence-corrected chi connectivity index (χ3v) is 5.25. The first-order valence-electron chi connectivity index (χ1n) is 9.84. The van der Waals surface area contributed by atoms with E-state index in [1.54, 1.807) is 6.07 Å². The molecule has 0 saturated carbocycles. The highest BCUT2D eigenvalue weighted by Crippen LogP contribution is 2.25. The highest BCUT2D eigenvalue weighted by atomic mass is 19.1. The van der Waals surface area contributed by atoms with Gasteiger partial charge in [0.2, 0.25) is 5.91 Å². The summed E-state index contributed by atoms with van der Waals surface area (Å²) in [4.78, 5) is 19.3. The topological polar surface area (TPSA) is 73.9 Å². The molecule has 0 atom stereocenters. The summed E-state index contributed by atoms with van der Waals surface area (Å²) in [5, 5.41) is 10.1. The molecule has 0 spiro atoms. The number of rotatable bonds is 5. The van der Waals surface area contributed by atoms with Gasteiger partial charge in [0.15, 0.2) is 5.82 Å². The van der Waals surface area contributed by atoms with Gasteiger partial charge in [-0.15, -0.1) is 0 Å². The number of aryl methyl sites for hydroxylation is 1. The number of hydrogen-bond acceptors (Lipinski definition) is 4. The fourth-order valence-electron chi connectivity index (χ4n) is 3.70. The van der Waals surface area contributed by atoms with Crippen molar-refractivity contribution in [1.82, 2.24) is 20.1 Å². The monoisotopic (exact) mass is 393 g/mol. The van der Waals surface area contributed by atoms with Gasteiger partial charge in [0, 0.05) is 11.6 Å². The molecule has 0 radical (unpaired) electrons. The molecule has 1 aliphatic heterocycles. The summed E-state index contributed by atoms with van der Waals surface area (Å²) >= 11 is 0. The third kappa shape index (κ3) is 4.86. The standard InChI is InChI=1S/C22H24FN5O/c1-15-24-21(27-26-15)14-28-10-8-16(9-11-28)22(29)25-20-7-3-5-18(13-20)17-4-2-6-19(23)12-17/h2-7,12-13,16H,8-11,14H2,1H3,(H,25,29)(H,24,26,27). The average Bonchev–Trinajstić information content (AvgIpc) is 3.13. The van der Waals surface area contributed by atoms with Gasteiger partial charge in [0.05, 0.1) is 6.54 Å². The number of likely N-dealkylation sites (tertiary alicyclic amines) is 1. The number of hydrogen-bond donors (Lipinski definition) is 2.